The average Bonchev–Trinajstić information content (AvgIpc) is 3.47. The summed E-state index contributed by atoms with van der Waals surface area (Å²) in [5.74, 6) is 1.87. The number of piperazine rings is 1. The lowest BCUT2D eigenvalue weighted by atomic mass is 10.2. The predicted octanol–water partition coefficient (Wildman–Crippen LogP) is 2.80. The molecule has 0 spiro atoms. The van der Waals surface area contributed by atoms with Gasteiger partial charge in [0.25, 0.3) is 0 Å². The van der Waals surface area contributed by atoms with Crippen LogP contribution in [-0.2, 0) is 13.0 Å². The molecule has 3 heterocycles. The summed E-state index contributed by atoms with van der Waals surface area (Å²) < 4.78 is 6.26. The number of hydrogen-bond donors (Lipinski definition) is 1. The Balaban J connectivity index is 0.00000256. The fourth-order valence-electron chi connectivity index (χ4n) is 3.33. The Morgan fingerprint density at radius 1 is 1.17 bits per heavy atom. The van der Waals surface area contributed by atoms with E-state index >= 15 is 0 Å². The van der Waals surface area contributed by atoms with Crippen LogP contribution in [0.5, 0.6) is 0 Å². The van der Waals surface area contributed by atoms with E-state index in [1.54, 1.807) is 6.20 Å². The number of benzene rings is 1. The number of rotatable bonds is 5. The molecule has 0 amide bonds. The van der Waals surface area contributed by atoms with Crippen LogP contribution in [0.2, 0.25) is 0 Å². The van der Waals surface area contributed by atoms with E-state index in [1.165, 1.54) is 17.1 Å². The van der Waals surface area contributed by atoms with Gasteiger partial charge in [-0.1, -0.05) is 19.1 Å². The van der Waals surface area contributed by atoms with Gasteiger partial charge in [-0.15, -0.1) is 24.0 Å². The first-order valence-corrected chi connectivity index (χ1v) is 10.7. The lowest BCUT2D eigenvalue weighted by Crippen LogP contribution is -2.52. The number of guanidine groups is 1. The van der Waals surface area contributed by atoms with Crippen LogP contribution in [0.4, 0.5) is 5.13 Å². The molecule has 0 unspecified atom stereocenters. The Bertz CT molecular complexity index is 930. The first-order valence-electron chi connectivity index (χ1n) is 9.89. The van der Waals surface area contributed by atoms with Crippen LogP contribution in [0.1, 0.15) is 18.3 Å². The molecule has 160 valence electrons. The molecule has 0 atom stereocenters. The monoisotopic (exact) mass is 538 g/mol. The summed E-state index contributed by atoms with van der Waals surface area (Å²) in [6, 6.07) is 10.3. The van der Waals surface area contributed by atoms with Crippen molar-refractivity contribution in [2.45, 2.75) is 19.9 Å². The first kappa shape index (κ1) is 22.5. The van der Waals surface area contributed by atoms with E-state index in [2.05, 4.69) is 65.8 Å². The van der Waals surface area contributed by atoms with E-state index in [-0.39, 0.29) is 24.0 Å². The third-order valence-corrected chi connectivity index (χ3v) is 5.81. The van der Waals surface area contributed by atoms with Crippen molar-refractivity contribution in [3.8, 4) is 5.69 Å². The maximum absolute atomic E-state index is 4.61. The van der Waals surface area contributed by atoms with E-state index in [4.69, 9.17) is 0 Å². The van der Waals surface area contributed by atoms with E-state index in [0.717, 1.165) is 61.7 Å². The molecule has 0 aliphatic carbocycles. The van der Waals surface area contributed by atoms with Crippen LogP contribution in [-0.4, -0.2) is 63.2 Å². The second kappa shape index (κ2) is 10.7. The van der Waals surface area contributed by atoms with Gasteiger partial charge in [0.05, 0.1) is 5.69 Å². The molecule has 1 N–H and O–H groups in total. The highest BCUT2D eigenvalue weighted by atomic mass is 127. The Hall–Kier alpha value is -2.21. The van der Waals surface area contributed by atoms with Gasteiger partial charge in [0.1, 0.15) is 5.82 Å². The molecule has 0 saturated carbocycles. The average molecular weight is 538 g/mol. The van der Waals surface area contributed by atoms with Crippen molar-refractivity contribution in [3.05, 3.63) is 54.1 Å². The Morgan fingerprint density at radius 2 is 1.93 bits per heavy atom. The Morgan fingerprint density at radius 3 is 2.53 bits per heavy atom. The van der Waals surface area contributed by atoms with Crippen LogP contribution in [0, 0.1) is 0 Å². The van der Waals surface area contributed by atoms with Crippen molar-refractivity contribution in [1.29, 1.82) is 0 Å². The van der Waals surface area contributed by atoms with E-state index < -0.39 is 0 Å². The molecule has 4 rings (SSSR count). The van der Waals surface area contributed by atoms with Crippen LogP contribution < -0.4 is 10.2 Å². The standard InChI is InChI=1S/C20H26N8S.HI/c1-3-18-24-20(29-25-18)27-13-11-26(12-14-27)19(21-2)22-15-16-5-7-17(8-6-16)28-10-4-9-23-28;/h4-10H,3,11-15H2,1-2H3,(H,21,22);1H. The molecular weight excluding hydrogens is 511 g/mol. The molecule has 0 radical (unpaired) electrons. The second-order valence-corrected chi connectivity index (χ2v) is 7.57. The van der Waals surface area contributed by atoms with Gasteiger partial charge in [0.15, 0.2) is 5.96 Å². The van der Waals surface area contributed by atoms with Gasteiger partial charge in [-0.2, -0.15) is 9.47 Å². The first-order chi connectivity index (χ1) is 14.3. The molecule has 1 aromatic carbocycles. The Labute approximate surface area is 198 Å². The van der Waals surface area contributed by atoms with Gasteiger partial charge >= 0.3 is 0 Å². The largest absolute Gasteiger partial charge is 0.352 e. The highest BCUT2D eigenvalue weighted by Gasteiger charge is 2.21. The van der Waals surface area contributed by atoms with Crippen molar-refractivity contribution >= 4 is 46.6 Å². The fraction of sp³-hybridized carbons (Fsp3) is 0.400. The van der Waals surface area contributed by atoms with Crippen molar-refractivity contribution in [2.24, 2.45) is 4.99 Å². The molecule has 1 fully saturated rings. The number of aromatic nitrogens is 4. The minimum absolute atomic E-state index is 0. The maximum Gasteiger partial charge on any atom is 0.205 e. The lowest BCUT2D eigenvalue weighted by Gasteiger charge is -2.36. The van der Waals surface area contributed by atoms with Crippen molar-refractivity contribution < 1.29 is 0 Å². The van der Waals surface area contributed by atoms with Crippen LogP contribution in [0.15, 0.2) is 47.7 Å². The van der Waals surface area contributed by atoms with Gasteiger partial charge in [-0.3, -0.25) is 4.99 Å². The van der Waals surface area contributed by atoms with Crippen molar-refractivity contribution in [1.82, 2.24) is 29.4 Å². The summed E-state index contributed by atoms with van der Waals surface area (Å²) in [5.41, 5.74) is 2.27. The summed E-state index contributed by atoms with van der Waals surface area (Å²) in [5, 5.41) is 8.78. The normalized spacial score (nSPS) is 14.5. The summed E-state index contributed by atoms with van der Waals surface area (Å²) in [4.78, 5) is 13.7. The van der Waals surface area contributed by atoms with Crippen LogP contribution >= 0.6 is 35.5 Å². The highest BCUT2D eigenvalue weighted by molar-refractivity contribution is 14.0. The Kier molecular flexibility index (Phi) is 8.02. The number of nitrogens with zero attached hydrogens (tertiary/aromatic N) is 7. The number of aryl methyl sites for hydroxylation is 1. The number of hydrogen-bond acceptors (Lipinski definition) is 6. The maximum atomic E-state index is 4.61. The summed E-state index contributed by atoms with van der Waals surface area (Å²) >= 11 is 1.50. The minimum Gasteiger partial charge on any atom is -0.352 e. The molecule has 10 heteroatoms. The highest BCUT2D eigenvalue weighted by Crippen LogP contribution is 2.19. The van der Waals surface area contributed by atoms with Gasteiger partial charge in [-0.25, -0.2) is 9.67 Å². The van der Waals surface area contributed by atoms with Gasteiger partial charge < -0.3 is 15.1 Å². The van der Waals surface area contributed by atoms with Crippen LogP contribution in [0.3, 0.4) is 0 Å². The summed E-state index contributed by atoms with van der Waals surface area (Å²) in [7, 11) is 1.84. The van der Waals surface area contributed by atoms with Crippen LogP contribution in [0.25, 0.3) is 5.69 Å². The van der Waals surface area contributed by atoms with Gasteiger partial charge in [-0.05, 0) is 23.8 Å². The fourth-order valence-corrected chi connectivity index (χ4v) is 4.13. The smallest absolute Gasteiger partial charge is 0.205 e. The van der Waals surface area contributed by atoms with Crippen molar-refractivity contribution in [2.75, 3.05) is 38.1 Å². The summed E-state index contributed by atoms with van der Waals surface area (Å²) in [6.45, 7) is 6.51. The molecular formula is C20H27IN8S. The predicted molar refractivity (Wildman–Crippen MR) is 132 cm³/mol. The van der Waals surface area contributed by atoms with Gasteiger partial charge in [0.2, 0.25) is 5.13 Å². The molecule has 1 saturated heterocycles. The molecule has 1 aliphatic heterocycles. The zero-order valence-electron chi connectivity index (χ0n) is 17.2. The number of anilines is 1. The molecule has 0 bridgehead atoms. The SMILES string of the molecule is CCc1nsc(N2CCN(C(=NC)NCc3ccc(-n4cccn4)cc3)CC2)n1.I. The zero-order valence-corrected chi connectivity index (χ0v) is 20.4. The third-order valence-electron chi connectivity index (χ3n) is 4.99. The van der Waals surface area contributed by atoms with E-state index in [9.17, 15) is 0 Å². The number of halogens is 1. The zero-order chi connectivity index (χ0) is 20.1. The minimum atomic E-state index is 0. The third kappa shape index (κ3) is 5.28. The van der Waals surface area contributed by atoms with Gasteiger partial charge in [0, 0.05) is 70.1 Å². The van der Waals surface area contributed by atoms with E-state index in [0.29, 0.717) is 0 Å². The molecule has 2 aromatic heterocycles. The molecule has 1 aliphatic rings. The second-order valence-electron chi connectivity index (χ2n) is 6.84. The van der Waals surface area contributed by atoms with Crippen molar-refractivity contribution in [3.63, 3.8) is 0 Å². The number of nitrogens with one attached hydrogen (secondary N) is 1. The molecule has 30 heavy (non-hydrogen) atoms. The number of aliphatic imine (C=N–C) groups is 1. The quantitative estimate of drug-likeness (QED) is 0.306. The summed E-state index contributed by atoms with van der Waals surface area (Å²) in [6.07, 6.45) is 4.61. The van der Waals surface area contributed by atoms with E-state index in [1.807, 2.05) is 24.0 Å². The molecule has 3 aromatic rings. The molecule has 8 nitrogen and oxygen atoms in total. The lowest BCUT2D eigenvalue weighted by molar-refractivity contribution is 0.372. The topological polar surface area (TPSA) is 74.5 Å².